The van der Waals surface area contributed by atoms with Gasteiger partial charge in [0.2, 0.25) is 0 Å². The summed E-state index contributed by atoms with van der Waals surface area (Å²) in [6.07, 6.45) is 0. The molecule has 0 saturated heterocycles. The first-order chi connectivity index (χ1) is 7.41. The van der Waals surface area contributed by atoms with Gasteiger partial charge in [0.05, 0.1) is 39.6 Å². The van der Waals surface area contributed by atoms with Gasteiger partial charge >= 0.3 is 0 Å². The number of rotatable bonds is 12. The largest absolute Gasteiger partial charge is 0.382 e. The molecule has 92 valence electrons. The number of methoxy groups -OCH3 is 2. The monoisotopic (exact) mass is 238 g/mol. The first-order valence-corrected chi connectivity index (χ1v) is 6.28. The van der Waals surface area contributed by atoms with Gasteiger partial charge in [-0.05, 0) is 0 Å². The molecule has 0 unspecified atom stereocenters. The summed E-state index contributed by atoms with van der Waals surface area (Å²) in [6.45, 7) is 4.27. The highest BCUT2D eigenvalue weighted by Gasteiger charge is 1.91. The molecular weight excluding hydrogens is 216 g/mol. The van der Waals surface area contributed by atoms with E-state index in [1.165, 1.54) is 0 Å². The van der Waals surface area contributed by atoms with Crippen LogP contribution in [0.5, 0.6) is 0 Å². The van der Waals surface area contributed by atoms with E-state index in [2.05, 4.69) is 0 Å². The maximum absolute atomic E-state index is 5.31. The second kappa shape index (κ2) is 14.2. The molecule has 0 aliphatic carbocycles. The standard InChI is InChI=1S/C10H22O4S/c1-11-3-5-13-7-9-15-10-8-14-6-4-12-2/h3-10H2,1-2H3. The highest BCUT2D eigenvalue weighted by molar-refractivity contribution is 7.99. The Morgan fingerprint density at radius 3 is 1.53 bits per heavy atom. The van der Waals surface area contributed by atoms with Crippen molar-refractivity contribution in [3.05, 3.63) is 0 Å². The average Bonchev–Trinajstić information content (AvgIpc) is 2.26. The summed E-state index contributed by atoms with van der Waals surface area (Å²) >= 11 is 1.84. The van der Waals surface area contributed by atoms with Gasteiger partial charge in [0.25, 0.3) is 0 Å². The normalized spacial score (nSPS) is 10.8. The van der Waals surface area contributed by atoms with Gasteiger partial charge in [0, 0.05) is 25.7 Å². The molecule has 0 aliphatic heterocycles. The molecule has 0 aromatic heterocycles. The van der Waals surface area contributed by atoms with Gasteiger partial charge in [-0.25, -0.2) is 0 Å². The first kappa shape index (κ1) is 15.2. The number of ether oxygens (including phenoxy) is 4. The van der Waals surface area contributed by atoms with Crippen LogP contribution < -0.4 is 0 Å². The van der Waals surface area contributed by atoms with E-state index >= 15 is 0 Å². The van der Waals surface area contributed by atoms with Crippen molar-refractivity contribution in [2.45, 2.75) is 0 Å². The van der Waals surface area contributed by atoms with E-state index in [1.54, 1.807) is 14.2 Å². The van der Waals surface area contributed by atoms with Gasteiger partial charge < -0.3 is 18.9 Å². The van der Waals surface area contributed by atoms with Crippen molar-refractivity contribution in [1.29, 1.82) is 0 Å². The van der Waals surface area contributed by atoms with Crippen molar-refractivity contribution in [3.8, 4) is 0 Å². The fraction of sp³-hybridized carbons (Fsp3) is 1.00. The Bertz CT molecular complexity index is 102. The van der Waals surface area contributed by atoms with Gasteiger partial charge in [-0.3, -0.25) is 0 Å². The molecule has 0 aliphatic rings. The third kappa shape index (κ3) is 14.2. The Kier molecular flexibility index (Phi) is 14.4. The molecular formula is C10H22O4S. The van der Waals surface area contributed by atoms with E-state index in [0.717, 1.165) is 24.7 Å². The molecule has 15 heavy (non-hydrogen) atoms. The lowest BCUT2D eigenvalue weighted by Gasteiger charge is -2.04. The number of hydrogen-bond donors (Lipinski definition) is 0. The van der Waals surface area contributed by atoms with Gasteiger partial charge in [0.1, 0.15) is 0 Å². The average molecular weight is 238 g/mol. The molecule has 5 heteroatoms. The maximum Gasteiger partial charge on any atom is 0.0700 e. The second-order valence-corrected chi connectivity index (χ2v) is 4.05. The molecule has 0 amide bonds. The van der Waals surface area contributed by atoms with Crippen LogP contribution in [0.1, 0.15) is 0 Å². The van der Waals surface area contributed by atoms with Crippen LogP contribution in [-0.2, 0) is 18.9 Å². The van der Waals surface area contributed by atoms with E-state index in [0.29, 0.717) is 26.4 Å². The van der Waals surface area contributed by atoms with E-state index < -0.39 is 0 Å². The maximum atomic E-state index is 5.31. The lowest BCUT2D eigenvalue weighted by molar-refractivity contribution is 0.0775. The van der Waals surface area contributed by atoms with Crippen LogP contribution in [0, 0.1) is 0 Å². The fourth-order valence-corrected chi connectivity index (χ4v) is 1.50. The fourth-order valence-electron chi connectivity index (χ4n) is 0.826. The molecule has 0 rings (SSSR count). The third-order valence-corrected chi connectivity index (χ3v) is 2.52. The molecule has 0 aromatic rings. The van der Waals surface area contributed by atoms with Crippen LogP contribution in [0.15, 0.2) is 0 Å². The van der Waals surface area contributed by atoms with E-state index in [4.69, 9.17) is 18.9 Å². The molecule has 0 N–H and O–H groups in total. The molecule has 0 aromatic carbocycles. The predicted octanol–water partition coefficient (Wildman–Crippen LogP) is 1.05. The zero-order valence-corrected chi connectivity index (χ0v) is 10.5. The Morgan fingerprint density at radius 1 is 0.667 bits per heavy atom. The van der Waals surface area contributed by atoms with E-state index in [9.17, 15) is 0 Å². The summed E-state index contributed by atoms with van der Waals surface area (Å²) in [5.41, 5.74) is 0. The van der Waals surface area contributed by atoms with Crippen molar-refractivity contribution in [2.24, 2.45) is 0 Å². The van der Waals surface area contributed by atoms with Crippen LogP contribution in [0.4, 0.5) is 0 Å². The van der Waals surface area contributed by atoms with Crippen molar-refractivity contribution in [1.82, 2.24) is 0 Å². The minimum Gasteiger partial charge on any atom is -0.382 e. The van der Waals surface area contributed by atoms with E-state index in [-0.39, 0.29) is 0 Å². The summed E-state index contributed by atoms with van der Waals surface area (Å²) in [5.74, 6) is 2.02. The lowest BCUT2D eigenvalue weighted by Crippen LogP contribution is -2.07. The van der Waals surface area contributed by atoms with Crippen LogP contribution in [0.25, 0.3) is 0 Å². The Labute approximate surface area is 96.6 Å². The molecule has 0 heterocycles. The highest BCUT2D eigenvalue weighted by Crippen LogP contribution is 1.99. The Balaban J connectivity index is 2.81. The lowest BCUT2D eigenvalue weighted by atomic mass is 10.7. The summed E-state index contributed by atoms with van der Waals surface area (Å²) in [6, 6.07) is 0. The first-order valence-electron chi connectivity index (χ1n) is 5.13. The summed E-state index contributed by atoms with van der Waals surface area (Å²) < 4.78 is 20.3. The molecule has 0 radical (unpaired) electrons. The van der Waals surface area contributed by atoms with Crippen LogP contribution >= 0.6 is 11.8 Å². The molecule has 0 atom stereocenters. The molecule has 0 spiro atoms. The van der Waals surface area contributed by atoms with Crippen LogP contribution in [-0.4, -0.2) is 65.4 Å². The van der Waals surface area contributed by atoms with E-state index in [1.807, 2.05) is 11.8 Å². The number of thioether (sulfide) groups is 1. The number of hydrogen-bond acceptors (Lipinski definition) is 5. The molecule has 0 bridgehead atoms. The van der Waals surface area contributed by atoms with Gasteiger partial charge in [-0.1, -0.05) is 0 Å². The summed E-state index contributed by atoms with van der Waals surface area (Å²) in [5, 5.41) is 0. The Morgan fingerprint density at radius 2 is 1.13 bits per heavy atom. The van der Waals surface area contributed by atoms with Crippen LogP contribution in [0.3, 0.4) is 0 Å². The Hall–Kier alpha value is 0.190. The van der Waals surface area contributed by atoms with Crippen molar-refractivity contribution in [3.63, 3.8) is 0 Å². The van der Waals surface area contributed by atoms with Gasteiger partial charge in [0.15, 0.2) is 0 Å². The summed E-state index contributed by atoms with van der Waals surface area (Å²) in [4.78, 5) is 0. The minimum absolute atomic E-state index is 0.671. The predicted molar refractivity (Wildman–Crippen MR) is 62.7 cm³/mol. The van der Waals surface area contributed by atoms with Crippen molar-refractivity contribution >= 4 is 11.8 Å². The molecule has 0 saturated carbocycles. The quantitative estimate of drug-likeness (QED) is 0.475. The zero-order chi connectivity index (χ0) is 11.2. The third-order valence-electron chi connectivity index (χ3n) is 1.61. The topological polar surface area (TPSA) is 36.9 Å². The summed E-state index contributed by atoms with van der Waals surface area (Å²) in [7, 11) is 3.35. The van der Waals surface area contributed by atoms with Crippen LogP contribution in [0.2, 0.25) is 0 Å². The SMILES string of the molecule is COCCOCCSCCOCCOC. The van der Waals surface area contributed by atoms with Crippen molar-refractivity contribution < 1.29 is 18.9 Å². The van der Waals surface area contributed by atoms with Gasteiger partial charge in [-0.15, -0.1) is 0 Å². The zero-order valence-electron chi connectivity index (χ0n) is 9.70. The molecule has 0 fully saturated rings. The second-order valence-electron chi connectivity index (χ2n) is 2.82. The molecule has 4 nitrogen and oxygen atoms in total. The van der Waals surface area contributed by atoms with Gasteiger partial charge in [-0.2, -0.15) is 11.8 Å². The smallest absolute Gasteiger partial charge is 0.0700 e. The highest BCUT2D eigenvalue weighted by atomic mass is 32.2. The van der Waals surface area contributed by atoms with Crippen molar-refractivity contribution in [2.75, 3.05) is 65.4 Å². The minimum atomic E-state index is 0.671.